The van der Waals surface area contributed by atoms with Gasteiger partial charge in [-0.2, -0.15) is 0 Å². The Morgan fingerprint density at radius 2 is 1.82 bits per heavy atom. The maximum atomic E-state index is 11.7. The molecule has 0 bridgehead atoms. The molecule has 2 aromatic rings. The van der Waals surface area contributed by atoms with E-state index in [1.165, 1.54) is 18.2 Å². The van der Waals surface area contributed by atoms with Crippen LogP contribution in [0.2, 0.25) is 0 Å². The van der Waals surface area contributed by atoms with Gasteiger partial charge in [0.2, 0.25) is 5.91 Å². The van der Waals surface area contributed by atoms with Crippen molar-refractivity contribution in [2.75, 3.05) is 0 Å². The fourth-order valence-corrected chi connectivity index (χ4v) is 1.96. The summed E-state index contributed by atoms with van der Waals surface area (Å²) in [6.45, 7) is 3.21. The summed E-state index contributed by atoms with van der Waals surface area (Å²) in [6, 6.07) is 13.1. The molecule has 114 valence electrons. The molecule has 2 N–H and O–H groups in total. The molecule has 0 aliphatic carbocycles. The van der Waals surface area contributed by atoms with E-state index in [2.05, 4.69) is 0 Å². The number of hydrogen-bond acceptors (Lipinski definition) is 4. The number of nitro benzene ring substituents is 1. The third kappa shape index (κ3) is 3.06. The van der Waals surface area contributed by atoms with Crippen molar-refractivity contribution in [3.8, 4) is 11.5 Å². The van der Waals surface area contributed by atoms with Crippen molar-refractivity contribution in [1.29, 1.82) is 0 Å². The van der Waals surface area contributed by atoms with Crippen molar-refractivity contribution in [2.24, 2.45) is 5.73 Å². The van der Waals surface area contributed by atoms with E-state index < -0.39 is 16.2 Å². The lowest BCUT2D eigenvalue weighted by Crippen LogP contribution is -2.35. The van der Waals surface area contributed by atoms with Crippen LogP contribution in [0.25, 0.3) is 0 Å². The van der Waals surface area contributed by atoms with Crippen LogP contribution in [-0.2, 0) is 10.2 Å². The first kappa shape index (κ1) is 15.5. The number of para-hydroxylation sites is 1. The zero-order chi connectivity index (χ0) is 16.3. The van der Waals surface area contributed by atoms with Gasteiger partial charge < -0.3 is 10.5 Å². The number of nitrogens with two attached hydrogens (primary N) is 1. The Balaban J connectivity index is 2.53. The molecule has 0 spiro atoms. The first-order valence-corrected chi connectivity index (χ1v) is 6.64. The summed E-state index contributed by atoms with van der Waals surface area (Å²) in [5.41, 5.74) is 4.58. The molecule has 0 aliphatic heterocycles. The van der Waals surface area contributed by atoms with Crippen LogP contribution in [0.5, 0.6) is 11.5 Å². The van der Waals surface area contributed by atoms with Crippen LogP contribution in [-0.4, -0.2) is 10.8 Å². The fraction of sp³-hybridized carbons (Fsp3) is 0.188. The summed E-state index contributed by atoms with van der Waals surface area (Å²) in [5, 5.41) is 11.0. The molecule has 2 rings (SSSR count). The lowest BCUT2D eigenvalue weighted by atomic mass is 9.83. The molecule has 22 heavy (non-hydrogen) atoms. The molecule has 0 fully saturated rings. The molecular weight excluding hydrogens is 284 g/mol. The van der Waals surface area contributed by atoms with Crippen molar-refractivity contribution >= 4 is 11.6 Å². The second kappa shape index (κ2) is 5.85. The molecule has 0 aliphatic rings. The SMILES string of the molecule is CC(C)(C(N)=O)c1cc([N+](=O)[O-])ccc1Oc1ccccc1. The van der Waals surface area contributed by atoms with Gasteiger partial charge in [0.05, 0.1) is 10.3 Å². The van der Waals surface area contributed by atoms with Gasteiger partial charge in [-0.15, -0.1) is 0 Å². The van der Waals surface area contributed by atoms with Crippen LogP contribution in [0.3, 0.4) is 0 Å². The first-order chi connectivity index (χ1) is 10.3. The Morgan fingerprint density at radius 1 is 1.18 bits per heavy atom. The molecule has 0 heterocycles. The van der Waals surface area contributed by atoms with E-state index in [-0.39, 0.29) is 5.69 Å². The van der Waals surface area contributed by atoms with Gasteiger partial charge in [-0.05, 0) is 32.0 Å². The highest BCUT2D eigenvalue weighted by Gasteiger charge is 2.32. The van der Waals surface area contributed by atoms with Crippen LogP contribution in [0.1, 0.15) is 19.4 Å². The maximum absolute atomic E-state index is 11.7. The normalized spacial score (nSPS) is 11.0. The van der Waals surface area contributed by atoms with E-state index in [0.29, 0.717) is 17.1 Å². The molecule has 6 heteroatoms. The second-order valence-electron chi connectivity index (χ2n) is 5.34. The highest BCUT2D eigenvalue weighted by Crippen LogP contribution is 2.36. The molecule has 0 atom stereocenters. The van der Waals surface area contributed by atoms with Crippen molar-refractivity contribution < 1.29 is 14.5 Å². The molecule has 0 radical (unpaired) electrons. The number of carbonyl (C=O) groups is 1. The lowest BCUT2D eigenvalue weighted by Gasteiger charge is -2.23. The van der Waals surface area contributed by atoms with Crippen LogP contribution < -0.4 is 10.5 Å². The van der Waals surface area contributed by atoms with Crippen molar-refractivity contribution in [1.82, 2.24) is 0 Å². The summed E-state index contributed by atoms with van der Waals surface area (Å²) < 4.78 is 5.75. The van der Waals surface area contributed by atoms with Gasteiger partial charge in [-0.1, -0.05) is 18.2 Å². The van der Waals surface area contributed by atoms with E-state index in [1.54, 1.807) is 38.1 Å². The minimum Gasteiger partial charge on any atom is -0.457 e. The molecule has 0 unspecified atom stereocenters. The molecule has 0 aromatic heterocycles. The number of benzene rings is 2. The molecule has 2 aromatic carbocycles. The zero-order valence-electron chi connectivity index (χ0n) is 12.3. The third-order valence-electron chi connectivity index (χ3n) is 3.43. The Bertz CT molecular complexity index is 711. The van der Waals surface area contributed by atoms with E-state index in [0.717, 1.165) is 0 Å². The Labute approximate surface area is 127 Å². The number of rotatable bonds is 5. The number of amides is 1. The summed E-state index contributed by atoms with van der Waals surface area (Å²) in [5.74, 6) is 0.337. The minimum atomic E-state index is -1.10. The number of ether oxygens (including phenoxy) is 1. The molecule has 0 saturated carbocycles. The van der Waals surface area contributed by atoms with Crippen molar-refractivity contribution in [3.05, 3.63) is 64.2 Å². The van der Waals surface area contributed by atoms with Gasteiger partial charge >= 0.3 is 0 Å². The summed E-state index contributed by atoms with van der Waals surface area (Å²) in [4.78, 5) is 22.2. The lowest BCUT2D eigenvalue weighted by molar-refractivity contribution is -0.385. The first-order valence-electron chi connectivity index (χ1n) is 6.64. The summed E-state index contributed by atoms with van der Waals surface area (Å²) >= 11 is 0. The molecule has 6 nitrogen and oxygen atoms in total. The van der Waals surface area contributed by atoms with Gasteiger partial charge in [0.15, 0.2) is 0 Å². The predicted molar refractivity (Wildman–Crippen MR) is 81.8 cm³/mol. The van der Waals surface area contributed by atoms with Gasteiger partial charge in [-0.3, -0.25) is 14.9 Å². The average molecular weight is 300 g/mol. The van der Waals surface area contributed by atoms with Crippen LogP contribution in [0, 0.1) is 10.1 Å². The zero-order valence-corrected chi connectivity index (χ0v) is 12.3. The Hall–Kier alpha value is -2.89. The minimum absolute atomic E-state index is 0.121. The standard InChI is InChI=1S/C16H16N2O4/c1-16(2,15(17)19)13-10-11(18(20)21)8-9-14(13)22-12-6-4-3-5-7-12/h3-10H,1-2H3,(H2,17,19). The summed E-state index contributed by atoms with van der Waals surface area (Å²) in [7, 11) is 0. The van der Waals surface area contributed by atoms with Crippen molar-refractivity contribution in [2.45, 2.75) is 19.3 Å². The fourth-order valence-electron chi connectivity index (χ4n) is 1.96. The largest absolute Gasteiger partial charge is 0.457 e. The van der Waals surface area contributed by atoms with Crippen LogP contribution >= 0.6 is 0 Å². The number of non-ortho nitro benzene ring substituents is 1. The highest BCUT2D eigenvalue weighted by atomic mass is 16.6. The quantitative estimate of drug-likeness (QED) is 0.677. The maximum Gasteiger partial charge on any atom is 0.270 e. The van der Waals surface area contributed by atoms with Gasteiger partial charge in [0.25, 0.3) is 5.69 Å². The number of nitro groups is 1. The Morgan fingerprint density at radius 3 is 2.36 bits per heavy atom. The van der Waals surface area contributed by atoms with Crippen molar-refractivity contribution in [3.63, 3.8) is 0 Å². The van der Waals surface area contributed by atoms with E-state index in [4.69, 9.17) is 10.5 Å². The topological polar surface area (TPSA) is 95.5 Å². The van der Waals surface area contributed by atoms with Gasteiger partial charge in [0, 0.05) is 17.7 Å². The number of carbonyl (C=O) groups excluding carboxylic acids is 1. The number of hydrogen-bond donors (Lipinski definition) is 1. The van der Waals surface area contributed by atoms with Gasteiger partial charge in [0.1, 0.15) is 11.5 Å². The van der Waals surface area contributed by atoms with E-state index >= 15 is 0 Å². The van der Waals surface area contributed by atoms with Crippen LogP contribution in [0.4, 0.5) is 5.69 Å². The molecular formula is C16H16N2O4. The smallest absolute Gasteiger partial charge is 0.270 e. The second-order valence-corrected chi connectivity index (χ2v) is 5.34. The monoisotopic (exact) mass is 300 g/mol. The average Bonchev–Trinajstić information content (AvgIpc) is 2.48. The third-order valence-corrected chi connectivity index (χ3v) is 3.43. The molecule has 0 saturated heterocycles. The Kier molecular flexibility index (Phi) is 4.12. The predicted octanol–water partition coefficient (Wildman–Crippen LogP) is 3.15. The molecule has 1 amide bonds. The highest BCUT2D eigenvalue weighted by molar-refractivity contribution is 5.87. The van der Waals surface area contributed by atoms with Crippen LogP contribution in [0.15, 0.2) is 48.5 Å². The van der Waals surface area contributed by atoms with E-state index in [9.17, 15) is 14.9 Å². The summed E-state index contributed by atoms with van der Waals surface area (Å²) in [6.07, 6.45) is 0. The number of primary amides is 1. The van der Waals surface area contributed by atoms with Gasteiger partial charge in [-0.25, -0.2) is 0 Å². The van der Waals surface area contributed by atoms with E-state index in [1.807, 2.05) is 6.07 Å². The number of nitrogens with zero attached hydrogens (tertiary/aromatic N) is 1.